The Morgan fingerprint density at radius 3 is 2.53 bits per heavy atom. The van der Waals surface area contributed by atoms with Crippen LogP contribution in [0.2, 0.25) is 0 Å². The molecule has 0 spiro atoms. The minimum atomic E-state index is -0.441. The lowest BCUT2D eigenvalue weighted by molar-refractivity contribution is -0.384. The van der Waals surface area contributed by atoms with Gasteiger partial charge in [0.15, 0.2) is 0 Å². The second kappa shape index (κ2) is 5.69. The number of rotatable bonds is 5. The van der Waals surface area contributed by atoms with Crippen molar-refractivity contribution in [1.82, 2.24) is 4.90 Å². The Bertz CT molecular complexity index is 473. The molecule has 0 saturated carbocycles. The van der Waals surface area contributed by atoms with Gasteiger partial charge in [0.2, 0.25) is 0 Å². The number of unbranched alkanes of at least 4 members (excludes halogenated alkanes) is 1. The Morgan fingerprint density at radius 1 is 1.26 bits per heavy atom. The first kappa shape index (κ1) is 13.3. The summed E-state index contributed by atoms with van der Waals surface area (Å²) in [5, 5.41) is 10.6. The molecule has 0 aromatic heterocycles. The molecule has 0 radical (unpaired) electrons. The second-order valence-electron chi connectivity index (χ2n) is 4.55. The summed E-state index contributed by atoms with van der Waals surface area (Å²) in [5.74, 6) is 0. The predicted molar refractivity (Wildman–Crippen MR) is 72.3 cm³/mol. The zero-order valence-corrected chi connectivity index (χ0v) is 10.9. The van der Waals surface area contributed by atoms with E-state index in [0.29, 0.717) is 6.54 Å². The van der Waals surface area contributed by atoms with Crippen LogP contribution >= 0.6 is 0 Å². The molecule has 0 aliphatic carbocycles. The molecule has 1 heterocycles. The third-order valence-electron chi connectivity index (χ3n) is 3.25. The van der Waals surface area contributed by atoms with Crippen molar-refractivity contribution in [2.75, 3.05) is 24.5 Å². The monoisotopic (exact) mass is 263 g/mol. The number of urea groups is 1. The highest BCUT2D eigenvalue weighted by Gasteiger charge is 2.28. The SMILES string of the molecule is CCCCN1CCN(c2ccc([N+](=O)[O-])cc2)C1=O. The Labute approximate surface area is 111 Å². The largest absolute Gasteiger partial charge is 0.324 e. The van der Waals surface area contributed by atoms with Crippen molar-refractivity contribution < 1.29 is 9.72 Å². The van der Waals surface area contributed by atoms with E-state index in [9.17, 15) is 14.9 Å². The van der Waals surface area contributed by atoms with E-state index in [0.717, 1.165) is 31.6 Å². The van der Waals surface area contributed by atoms with E-state index in [-0.39, 0.29) is 11.7 Å². The number of non-ortho nitro benzene ring substituents is 1. The maximum Gasteiger partial charge on any atom is 0.324 e. The first-order chi connectivity index (χ1) is 9.13. The van der Waals surface area contributed by atoms with Gasteiger partial charge in [-0.3, -0.25) is 15.0 Å². The van der Waals surface area contributed by atoms with Crippen LogP contribution in [0.15, 0.2) is 24.3 Å². The van der Waals surface area contributed by atoms with Crippen LogP contribution in [0.5, 0.6) is 0 Å². The van der Waals surface area contributed by atoms with E-state index < -0.39 is 4.92 Å². The van der Waals surface area contributed by atoms with Crippen LogP contribution in [-0.4, -0.2) is 35.5 Å². The maximum atomic E-state index is 12.1. The van der Waals surface area contributed by atoms with Gasteiger partial charge in [-0.25, -0.2) is 4.79 Å². The Morgan fingerprint density at radius 2 is 1.95 bits per heavy atom. The number of hydrogen-bond donors (Lipinski definition) is 0. The molecule has 1 aromatic carbocycles. The number of hydrogen-bond acceptors (Lipinski definition) is 3. The summed E-state index contributed by atoms with van der Waals surface area (Å²) >= 11 is 0. The zero-order chi connectivity index (χ0) is 13.8. The van der Waals surface area contributed by atoms with Crippen molar-refractivity contribution in [2.45, 2.75) is 19.8 Å². The normalized spacial score (nSPS) is 15.1. The van der Waals surface area contributed by atoms with Crippen LogP contribution in [0, 0.1) is 10.1 Å². The molecular formula is C13H17N3O3. The van der Waals surface area contributed by atoms with Gasteiger partial charge in [-0.05, 0) is 18.6 Å². The lowest BCUT2D eigenvalue weighted by atomic mass is 10.2. The lowest BCUT2D eigenvalue weighted by Gasteiger charge is -2.18. The number of carbonyl (C=O) groups is 1. The summed E-state index contributed by atoms with van der Waals surface area (Å²) in [6.07, 6.45) is 2.06. The van der Waals surface area contributed by atoms with Crippen molar-refractivity contribution in [3.8, 4) is 0 Å². The van der Waals surface area contributed by atoms with Gasteiger partial charge in [-0.2, -0.15) is 0 Å². The van der Waals surface area contributed by atoms with Crippen LogP contribution in [0.1, 0.15) is 19.8 Å². The molecule has 0 atom stereocenters. The van der Waals surface area contributed by atoms with Crippen LogP contribution in [0.3, 0.4) is 0 Å². The highest BCUT2D eigenvalue weighted by Crippen LogP contribution is 2.23. The molecule has 1 saturated heterocycles. The van der Waals surface area contributed by atoms with E-state index >= 15 is 0 Å². The van der Waals surface area contributed by atoms with Gasteiger partial charge in [0.1, 0.15) is 0 Å². The molecule has 6 nitrogen and oxygen atoms in total. The molecule has 0 unspecified atom stereocenters. The van der Waals surface area contributed by atoms with Gasteiger partial charge in [0.25, 0.3) is 5.69 Å². The number of nitrogens with zero attached hydrogens (tertiary/aromatic N) is 3. The first-order valence-corrected chi connectivity index (χ1v) is 6.44. The van der Waals surface area contributed by atoms with Gasteiger partial charge < -0.3 is 4.90 Å². The van der Waals surface area contributed by atoms with E-state index in [1.54, 1.807) is 17.0 Å². The van der Waals surface area contributed by atoms with Crippen LogP contribution in [-0.2, 0) is 0 Å². The molecule has 19 heavy (non-hydrogen) atoms. The van der Waals surface area contributed by atoms with Crippen molar-refractivity contribution in [1.29, 1.82) is 0 Å². The molecule has 6 heteroatoms. The maximum absolute atomic E-state index is 12.1. The minimum absolute atomic E-state index is 0.0118. The summed E-state index contributed by atoms with van der Waals surface area (Å²) in [5.41, 5.74) is 0.757. The highest BCUT2D eigenvalue weighted by atomic mass is 16.6. The van der Waals surface area contributed by atoms with E-state index in [4.69, 9.17) is 0 Å². The smallest absolute Gasteiger partial charge is 0.323 e. The minimum Gasteiger partial charge on any atom is -0.323 e. The average Bonchev–Trinajstić information content (AvgIpc) is 2.78. The standard InChI is InChI=1S/C13H17N3O3/c1-2-3-8-14-9-10-15(13(14)17)11-4-6-12(7-5-11)16(18)19/h4-7H,2-3,8-10H2,1H3. The number of nitro benzene ring substituents is 1. The van der Waals surface area contributed by atoms with Crippen molar-refractivity contribution >= 4 is 17.4 Å². The number of amides is 2. The third kappa shape index (κ3) is 2.83. The molecule has 1 aromatic rings. The Balaban J connectivity index is 2.06. The Hall–Kier alpha value is -2.11. The van der Waals surface area contributed by atoms with Crippen molar-refractivity contribution in [2.24, 2.45) is 0 Å². The summed E-state index contributed by atoms with van der Waals surface area (Å²) in [4.78, 5) is 25.8. The number of carbonyl (C=O) groups excluding carboxylic acids is 1. The first-order valence-electron chi connectivity index (χ1n) is 6.44. The fourth-order valence-electron chi connectivity index (χ4n) is 2.13. The van der Waals surface area contributed by atoms with E-state index in [2.05, 4.69) is 6.92 Å². The van der Waals surface area contributed by atoms with Gasteiger partial charge >= 0.3 is 6.03 Å². The van der Waals surface area contributed by atoms with Crippen LogP contribution < -0.4 is 4.90 Å². The van der Waals surface area contributed by atoms with Gasteiger partial charge in [-0.1, -0.05) is 13.3 Å². The molecule has 0 bridgehead atoms. The zero-order valence-electron chi connectivity index (χ0n) is 10.9. The van der Waals surface area contributed by atoms with Gasteiger partial charge in [0, 0.05) is 37.5 Å². The second-order valence-corrected chi connectivity index (χ2v) is 4.55. The van der Waals surface area contributed by atoms with Crippen molar-refractivity contribution in [3.63, 3.8) is 0 Å². The highest BCUT2D eigenvalue weighted by molar-refractivity contribution is 5.94. The summed E-state index contributed by atoms with van der Waals surface area (Å²) in [6.45, 7) is 4.23. The fraction of sp³-hybridized carbons (Fsp3) is 0.462. The third-order valence-corrected chi connectivity index (χ3v) is 3.25. The predicted octanol–water partition coefficient (Wildman–Crippen LogP) is 2.64. The molecule has 1 aliphatic heterocycles. The number of benzene rings is 1. The van der Waals surface area contributed by atoms with Crippen molar-refractivity contribution in [3.05, 3.63) is 34.4 Å². The molecule has 1 aliphatic rings. The van der Waals surface area contributed by atoms with Gasteiger partial charge in [-0.15, -0.1) is 0 Å². The molecular weight excluding hydrogens is 246 g/mol. The van der Waals surface area contributed by atoms with E-state index in [1.165, 1.54) is 12.1 Å². The van der Waals surface area contributed by atoms with Crippen LogP contribution in [0.4, 0.5) is 16.2 Å². The van der Waals surface area contributed by atoms with Crippen LogP contribution in [0.25, 0.3) is 0 Å². The molecule has 0 N–H and O–H groups in total. The number of nitro groups is 1. The Kier molecular flexibility index (Phi) is 3.99. The summed E-state index contributed by atoms with van der Waals surface area (Å²) in [7, 11) is 0. The summed E-state index contributed by atoms with van der Waals surface area (Å²) in [6, 6.07) is 6.09. The molecule has 2 amide bonds. The molecule has 1 fully saturated rings. The number of anilines is 1. The topological polar surface area (TPSA) is 66.7 Å². The van der Waals surface area contributed by atoms with E-state index in [1.807, 2.05) is 4.90 Å². The summed E-state index contributed by atoms with van der Waals surface area (Å²) < 4.78 is 0. The van der Waals surface area contributed by atoms with Gasteiger partial charge in [0.05, 0.1) is 4.92 Å². The fourth-order valence-corrected chi connectivity index (χ4v) is 2.13. The lowest BCUT2D eigenvalue weighted by Crippen LogP contribution is -2.32. The quantitative estimate of drug-likeness (QED) is 0.605. The molecule has 102 valence electrons. The average molecular weight is 263 g/mol. The molecule has 2 rings (SSSR count).